The molecule has 45 heavy (non-hydrogen) atoms. The number of nitrogens with zero attached hydrogens (tertiary/aromatic N) is 3. The molecular weight excluding hydrogens is 566 g/mol. The summed E-state index contributed by atoms with van der Waals surface area (Å²) in [7, 11) is 0. The fraction of sp³-hybridized carbons (Fsp3) is 0.649. The molecule has 1 N–H and O–H groups in total. The Labute approximate surface area is 269 Å². The molecule has 8 nitrogen and oxygen atoms in total. The number of carbonyl (C=O) groups is 3. The number of aliphatic hydroxyl groups excluding tert-OH is 1. The Morgan fingerprint density at radius 1 is 1.00 bits per heavy atom. The maximum atomic E-state index is 14.9. The predicted molar refractivity (Wildman–Crippen MR) is 175 cm³/mol. The summed E-state index contributed by atoms with van der Waals surface area (Å²) in [4.78, 5) is 49.8. The van der Waals surface area contributed by atoms with E-state index in [9.17, 15) is 19.5 Å². The monoisotopic (exact) mass is 619 g/mol. The molecule has 5 atom stereocenters. The van der Waals surface area contributed by atoms with Gasteiger partial charge in [-0.2, -0.15) is 0 Å². The number of carbonyl (C=O) groups excluding carboxylic acids is 3. The molecule has 2 unspecified atom stereocenters. The molecule has 0 radical (unpaired) electrons. The SMILES string of the molecule is C=CCN(Cc1ccccc1)C(=O)[C@H]1[C@H]2C(=O)N(CCCCCCO)C(C(=O)N(CC=C)C3CCCCC3)C23CC[C@]1(CC)O3. The normalized spacial score (nSPS) is 29.1. The molecule has 1 aromatic carbocycles. The summed E-state index contributed by atoms with van der Waals surface area (Å²) >= 11 is 0. The van der Waals surface area contributed by atoms with E-state index < -0.39 is 29.1 Å². The Morgan fingerprint density at radius 2 is 1.71 bits per heavy atom. The second kappa shape index (κ2) is 14.6. The van der Waals surface area contributed by atoms with Crippen LogP contribution in [0.5, 0.6) is 0 Å². The van der Waals surface area contributed by atoms with Gasteiger partial charge in [-0.1, -0.05) is 81.5 Å². The lowest BCUT2D eigenvalue weighted by Gasteiger charge is -2.41. The zero-order chi connectivity index (χ0) is 32.0. The molecule has 1 saturated carbocycles. The molecule has 3 amide bonds. The number of hydrogen-bond acceptors (Lipinski definition) is 5. The smallest absolute Gasteiger partial charge is 0.248 e. The van der Waals surface area contributed by atoms with E-state index in [0.717, 1.165) is 56.9 Å². The lowest BCUT2D eigenvalue weighted by Crippen LogP contribution is -2.58. The first kappa shape index (κ1) is 33.4. The van der Waals surface area contributed by atoms with Crippen LogP contribution in [-0.2, 0) is 25.7 Å². The van der Waals surface area contributed by atoms with E-state index in [4.69, 9.17) is 4.74 Å². The average molecular weight is 620 g/mol. The zero-order valence-electron chi connectivity index (χ0n) is 27.2. The molecule has 8 heteroatoms. The third-order valence-electron chi connectivity index (χ3n) is 11.0. The third kappa shape index (κ3) is 6.25. The van der Waals surface area contributed by atoms with E-state index in [1.807, 2.05) is 42.2 Å². The minimum atomic E-state index is -1.03. The van der Waals surface area contributed by atoms with Crippen molar-refractivity contribution < 1.29 is 24.2 Å². The van der Waals surface area contributed by atoms with Gasteiger partial charge >= 0.3 is 0 Å². The summed E-state index contributed by atoms with van der Waals surface area (Å²) in [5, 5.41) is 9.27. The van der Waals surface area contributed by atoms with Crippen LogP contribution in [0.15, 0.2) is 55.6 Å². The number of ether oxygens (including phenoxy) is 1. The lowest BCUT2D eigenvalue weighted by atomic mass is 9.64. The molecule has 4 fully saturated rings. The number of benzene rings is 1. The topological polar surface area (TPSA) is 90.4 Å². The molecule has 246 valence electrons. The number of likely N-dealkylation sites (tertiary alicyclic amines) is 1. The van der Waals surface area contributed by atoms with Gasteiger partial charge in [-0.25, -0.2) is 0 Å². The second-order valence-electron chi connectivity index (χ2n) is 13.6. The minimum Gasteiger partial charge on any atom is -0.396 e. The Hall–Kier alpha value is -2.97. The van der Waals surface area contributed by atoms with Gasteiger partial charge in [0.15, 0.2) is 0 Å². The largest absolute Gasteiger partial charge is 0.396 e. The van der Waals surface area contributed by atoms with Gasteiger partial charge in [-0.3, -0.25) is 14.4 Å². The van der Waals surface area contributed by atoms with Gasteiger partial charge in [0.1, 0.15) is 11.6 Å². The number of amides is 3. The number of fused-ring (bicyclic) bond motifs is 1. The fourth-order valence-corrected chi connectivity index (χ4v) is 8.86. The highest BCUT2D eigenvalue weighted by molar-refractivity contribution is 5.99. The van der Waals surface area contributed by atoms with Gasteiger partial charge in [-0.15, -0.1) is 13.2 Å². The van der Waals surface area contributed by atoms with E-state index in [1.165, 1.54) is 6.42 Å². The van der Waals surface area contributed by atoms with Crippen molar-refractivity contribution in [2.75, 3.05) is 26.2 Å². The van der Waals surface area contributed by atoms with Crippen molar-refractivity contribution in [3.05, 3.63) is 61.2 Å². The van der Waals surface area contributed by atoms with Crippen LogP contribution in [0.1, 0.15) is 89.5 Å². The van der Waals surface area contributed by atoms with Crippen molar-refractivity contribution in [3.63, 3.8) is 0 Å². The number of rotatable bonds is 16. The van der Waals surface area contributed by atoms with Gasteiger partial charge in [0.2, 0.25) is 17.7 Å². The molecule has 3 saturated heterocycles. The highest BCUT2D eigenvalue weighted by Crippen LogP contribution is 2.64. The highest BCUT2D eigenvalue weighted by Gasteiger charge is 2.79. The molecule has 4 aliphatic rings. The molecule has 5 rings (SSSR count). The van der Waals surface area contributed by atoms with E-state index in [2.05, 4.69) is 13.2 Å². The van der Waals surface area contributed by atoms with Crippen molar-refractivity contribution >= 4 is 17.7 Å². The van der Waals surface area contributed by atoms with Crippen molar-refractivity contribution in [1.29, 1.82) is 0 Å². The van der Waals surface area contributed by atoms with Crippen molar-refractivity contribution in [1.82, 2.24) is 14.7 Å². The molecule has 1 aromatic rings. The Kier molecular flexibility index (Phi) is 10.9. The Bertz CT molecular complexity index is 1220. The van der Waals surface area contributed by atoms with Gasteiger partial charge in [-0.05, 0) is 50.5 Å². The van der Waals surface area contributed by atoms with Crippen LogP contribution < -0.4 is 0 Å². The molecule has 1 spiro atoms. The van der Waals surface area contributed by atoms with Crippen LogP contribution in [-0.4, -0.2) is 87.1 Å². The van der Waals surface area contributed by atoms with Crippen LogP contribution in [0.4, 0.5) is 0 Å². The van der Waals surface area contributed by atoms with Crippen molar-refractivity contribution in [3.8, 4) is 0 Å². The molecule has 1 aliphatic carbocycles. The summed E-state index contributed by atoms with van der Waals surface area (Å²) < 4.78 is 7.09. The summed E-state index contributed by atoms with van der Waals surface area (Å²) in [6.45, 7) is 11.7. The highest BCUT2D eigenvalue weighted by atomic mass is 16.5. The van der Waals surface area contributed by atoms with Gasteiger partial charge in [0, 0.05) is 38.8 Å². The fourth-order valence-electron chi connectivity index (χ4n) is 8.86. The van der Waals surface area contributed by atoms with Crippen LogP contribution in [0.3, 0.4) is 0 Å². The van der Waals surface area contributed by atoms with E-state index >= 15 is 0 Å². The Balaban J connectivity index is 1.52. The molecule has 0 aromatic heterocycles. The Morgan fingerprint density at radius 3 is 2.38 bits per heavy atom. The zero-order valence-corrected chi connectivity index (χ0v) is 27.2. The predicted octanol–water partition coefficient (Wildman–Crippen LogP) is 5.26. The average Bonchev–Trinajstić information content (AvgIpc) is 3.67. The van der Waals surface area contributed by atoms with E-state index in [-0.39, 0.29) is 30.4 Å². The van der Waals surface area contributed by atoms with Crippen LogP contribution in [0, 0.1) is 11.8 Å². The third-order valence-corrected chi connectivity index (χ3v) is 11.0. The van der Waals surface area contributed by atoms with Crippen LogP contribution >= 0.6 is 0 Å². The van der Waals surface area contributed by atoms with Gasteiger partial charge in [0.05, 0.1) is 17.4 Å². The van der Waals surface area contributed by atoms with Crippen LogP contribution in [0.2, 0.25) is 0 Å². The quantitative estimate of drug-likeness (QED) is 0.202. The maximum Gasteiger partial charge on any atom is 0.248 e. The second-order valence-corrected chi connectivity index (χ2v) is 13.6. The first-order valence-electron chi connectivity index (χ1n) is 17.3. The molecular formula is C37H53N3O5. The summed E-state index contributed by atoms with van der Waals surface area (Å²) in [6.07, 6.45) is 13.8. The maximum absolute atomic E-state index is 14.9. The molecule has 3 heterocycles. The van der Waals surface area contributed by atoms with Crippen LogP contribution in [0.25, 0.3) is 0 Å². The minimum absolute atomic E-state index is 0.0553. The van der Waals surface area contributed by atoms with Crippen molar-refractivity contribution in [2.45, 2.75) is 114 Å². The van der Waals surface area contributed by atoms with Gasteiger partial charge < -0.3 is 24.5 Å². The lowest BCUT2D eigenvalue weighted by molar-refractivity contribution is -0.156. The van der Waals surface area contributed by atoms with Gasteiger partial charge in [0.25, 0.3) is 0 Å². The number of aliphatic hydroxyl groups is 1. The number of hydrogen-bond donors (Lipinski definition) is 1. The summed E-state index contributed by atoms with van der Waals surface area (Å²) in [5.41, 5.74) is -0.802. The molecule has 2 bridgehead atoms. The van der Waals surface area contributed by atoms with E-state index in [0.29, 0.717) is 45.4 Å². The number of unbranched alkanes of at least 4 members (excludes halogenated alkanes) is 3. The van der Waals surface area contributed by atoms with Crippen molar-refractivity contribution in [2.24, 2.45) is 11.8 Å². The summed E-state index contributed by atoms with van der Waals surface area (Å²) in [5.74, 6) is -1.63. The summed E-state index contributed by atoms with van der Waals surface area (Å²) in [6, 6.07) is 9.25. The standard InChI is InChI=1S/C37H53N3O5/c1-4-23-38(27-28-17-11-9-12-18-28)33(42)30-31-34(43)40(25-15-7-8-16-26-41)32(37(31)22-21-36(30,6-3)45-37)35(44)39(24-5-2)29-19-13-10-14-20-29/h4-5,9,11-12,17-18,29-32,41H,1-2,6-8,10,13-16,19-27H2,3H3/t30-,31+,32?,36+,37?/m1/s1. The molecule has 3 aliphatic heterocycles. The van der Waals surface area contributed by atoms with E-state index in [1.54, 1.807) is 22.0 Å². The first-order valence-corrected chi connectivity index (χ1v) is 17.3. The first-order chi connectivity index (χ1) is 21.9.